The van der Waals surface area contributed by atoms with E-state index in [1.807, 2.05) is 32.0 Å². The molecule has 2 amide bonds. The van der Waals surface area contributed by atoms with Crippen molar-refractivity contribution in [1.29, 1.82) is 0 Å². The van der Waals surface area contributed by atoms with Gasteiger partial charge in [0, 0.05) is 18.8 Å². The zero-order valence-corrected chi connectivity index (χ0v) is 15.9. The number of rotatable bonds is 6. The molecule has 27 heavy (non-hydrogen) atoms. The molecular formula is C21H23FN2O3. The maximum Gasteiger partial charge on any atom is 0.246 e. The molecule has 0 aliphatic heterocycles. The molecule has 0 saturated heterocycles. The maximum absolute atomic E-state index is 13.7. The molecule has 0 aliphatic rings. The van der Waals surface area contributed by atoms with Crippen LogP contribution in [0.2, 0.25) is 0 Å². The Balaban J connectivity index is 1.95. The van der Waals surface area contributed by atoms with Gasteiger partial charge in [0.25, 0.3) is 0 Å². The van der Waals surface area contributed by atoms with Gasteiger partial charge < -0.3 is 15.0 Å². The first kappa shape index (κ1) is 20.2. The number of carbonyl (C=O) groups excluding carboxylic acids is 2. The number of halogens is 1. The number of benzene rings is 2. The normalized spacial score (nSPS) is 10.7. The molecule has 0 bridgehead atoms. The fourth-order valence-corrected chi connectivity index (χ4v) is 2.43. The summed E-state index contributed by atoms with van der Waals surface area (Å²) in [6, 6.07) is 10.2. The summed E-state index contributed by atoms with van der Waals surface area (Å²) >= 11 is 0. The fourth-order valence-electron chi connectivity index (χ4n) is 2.43. The van der Waals surface area contributed by atoms with E-state index in [4.69, 9.17) is 4.74 Å². The summed E-state index contributed by atoms with van der Waals surface area (Å²) in [6.45, 7) is 3.76. The number of anilines is 1. The van der Waals surface area contributed by atoms with Crippen LogP contribution in [0.1, 0.15) is 16.7 Å². The molecule has 6 heteroatoms. The highest BCUT2D eigenvalue weighted by atomic mass is 19.1. The number of carbonyl (C=O) groups is 2. The summed E-state index contributed by atoms with van der Waals surface area (Å²) in [5.74, 6) is -1.02. The molecule has 0 atom stereocenters. The van der Waals surface area contributed by atoms with Crippen molar-refractivity contribution in [3.8, 4) is 5.75 Å². The van der Waals surface area contributed by atoms with Crippen LogP contribution in [-0.2, 0) is 9.59 Å². The van der Waals surface area contributed by atoms with E-state index in [-0.39, 0.29) is 24.1 Å². The van der Waals surface area contributed by atoms with Crippen LogP contribution in [0, 0.1) is 19.7 Å². The van der Waals surface area contributed by atoms with Gasteiger partial charge in [0.15, 0.2) is 11.6 Å². The van der Waals surface area contributed by atoms with Crippen LogP contribution >= 0.6 is 0 Å². The zero-order chi connectivity index (χ0) is 20.0. The molecular weight excluding hydrogens is 347 g/mol. The van der Waals surface area contributed by atoms with Crippen LogP contribution in [-0.4, -0.2) is 37.4 Å². The third kappa shape index (κ3) is 5.67. The second-order valence-electron chi connectivity index (χ2n) is 6.29. The number of nitrogens with one attached hydrogen (secondary N) is 1. The van der Waals surface area contributed by atoms with E-state index in [9.17, 15) is 14.0 Å². The van der Waals surface area contributed by atoms with E-state index in [0.29, 0.717) is 5.56 Å². The molecule has 0 aliphatic carbocycles. The molecule has 0 heterocycles. The van der Waals surface area contributed by atoms with Crippen molar-refractivity contribution in [3.63, 3.8) is 0 Å². The van der Waals surface area contributed by atoms with E-state index in [1.165, 1.54) is 43.3 Å². The smallest absolute Gasteiger partial charge is 0.246 e. The second kappa shape index (κ2) is 8.98. The summed E-state index contributed by atoms with van der Waals surface area (Å²) in [5.41, 5.74) is 3.24. The molecule has 0 saturated carbocycles. The molecule has 0 aromatic heterocycles. The van der Waals surface area contributed by atoms with Crippen molar-refractivity contribution < 1.29 is 18.7 Å². The van der Waals surface area contributed by atoms with Crippen molar-refractivity contribution in [2.45, 2.75) is 13.8 Å². The highest BCUT2D eigenvalue weighted by molar-refractivity contribution is 5.98. The molecule has 2 rings (SSSR count). The number of hydrogen-bond donors (Lipinski definition) is 1. The van der Waals surface area contributed by atoms with Crippen molar-refractivity contribution in [3.05, 3.63) is 65.0 Å². The molecule has 2 aromatic rings. The third-order valence-corrected chi connectivity index (χ3v) is 4.02. The van der Waals surface area contributed by atoms with Crippen LogP contribution < -0.4 is 10.1 Å². The van der Waals surface area contributed by atoms with E-state index >= 15 is 0 Å². The quantitative estimate of drug-likeness (QED) is 0.791. The number of likely N-dealkylation sites (N-methyl/N-ethyl adjacent to an activating group) is 1. The lowest BCUT2D eigenvalue weighted by Gasteiger charge is -2.16. The second-order valence-corrected chi connectivity index (χ2v) is 6.29. The Morgan fingerprint density at radius 2 is 1.93 bits per heavy atom. The van der Waals surface area contributed by atoms with E-state index in [2.05, 4.69) is 5.32 Å². The lowest BCUT2D eigenvalue weighted by atomic mass is 10.1. The van der Waals surface area contributed by atoms with Crippen LogP contribution in [0.4, 0.5) is 10.1 Å². The van der Waals surface area contributed by atoms with Gasteiger partial charge in [-0.1, -0.05) is 18.2 Å². The number of ether oxygens (including phenoxy) is 1. The first-order chi connectivity index (χ1) is 12.8. The number of amides is 2. The number of methoxy groups -OCH3 is 1. The maximum atomic E-state index is 13.7. The molecule has 2 aromatic carbocycles. The first-order valence-corrected chi connectivity index (χ1v) is 8.44. The topological polar surface area (TPSA) is 58.6 Å². The predicted octanol–water partition coefficient (Wildman–Crippen LogP) is 3.56. The van der Waals surface area contributed by atoms with Crippen molar-refractivity contribution in [2.24, 2.45) is 0 Å². The zero-order valence-electron chi connectivity index (χ0n) is 15.9. The average Bonchev–Trinajstić information content (AvgIpc) is 2.62. The Morgan fingerprint density at radius 3 is 2.59 bits per heavy atom. The Labute approximate surface area is 158 Å². The van der Waals surface area contributed by atoms with Gasteiger partial charge in [0.2, 0.25) is 11.8 Å². The summed E-state index contributed by atoms with van der Waals surface area (Å²) < 4.78 is 18.5. The monoisotopic (exact) mass is 370 g/mol. The third-order valence-electron chi connectivity index (χ3n) is 4.02. The highest BCUT2D eigenvalue weighted by Gasteiger charge is 2.12. The van der Waals surface area contributed by atoms with Gasteiger partial charge in [0.05, 0.1) is 13.7 Å². The molecule has 142 valence electrons. The number of hydrogen-bond acceptors (Lipinski definition) is 3. The minimum absolute atomic E-state index is 0.0898. The predicted molar refractivity (Wildman–Crippen MR) is 104 cm³/mol. The van der Waals surface area contributed by atoms with Crippen LogP contribution in [0.25, 0.3) is 6.08 Å². The minimum atomic E-state index is -0.506. The largest absolute Gasteiger partial charge is 0.494 e. The van der Waals surface area contributed by atoms with Gasteiger partial charge in [-0.3, -0.25) is 9.59 Å². The summed E-state index contributed by atoms with van der Waals surface area (Å²) in [6.07, 6.45) is 2.79. The number of aryl methyl sites for hydroxylation is 2. The Bertz CT molecular complexity index is 878. The van der Waals surface area contributed by atoms with Gasteiger partial charge >= 0.3 is 0 Å². The molecule has 0 unspecified atom stereocenters. The van der Waals surface area contributed by atoms with E-state index < -0.39 is 5.82 Å². The molecule has 5 nitrogen and oxygen atoms in total. The van der Waals surface area contributed by atoms with Crippen molar-refractivity contribution in [1.82, 2.24) is 4.90 Å². The highest BCUT2D eigenvalue weighted by Crippen LogP contribution is 2.18. The average molecular weight is 370 g/mol. The Hall–Kier alpha value is -3.15. The molecule has 0 radical (unpaired) electrons. The summed E-state index contributed by atoms with van der Waals surface area (Å²) in [5, 5.41) is 2.81. The molecule has 0 fully saturated rings. The van der Waals surface area contributed by atoms with Gasteiger partial charge in [-0.05, 0) is 54.8 Å². The standard InChI is InChI=1S/C21H23FN2O3/c1-14-5-6-15(2)18(11-14)23-20(25)13-24(3)21(26)10-8-16-7-9-19(27-4)17(22)12-16/h5-12H,13H2,1-4H3,(H,23,25). The number of nitrogens with zero attached hydrogens (tertiary/aromatic N) is 1. The van der Waals surface area contributed by atoms with Gasteiger partial charge in [0.1, 0.15) is 0 Å². The Kier molecular flexibility index (Phi) is 6.71. The summed E-state index contributed by atoms with van der Waals surface area (Å²) in [4.78, 5) is 25.7. The van der Waals surface area contributed by atoms with Gasteiger partial charge in [-0.15, -0.1) is 0 Å². The van der Waals surface area contributed by atoms with Crippen molar-refractivity contribution in [2.75, 3.05) is 26.0 Å². The first-order valence-electron chi connectivity index (χ1n) is 8.44. The van der Waals surface area contributed by atoms with Crippen LogP contribution in [0.15, 0.2) is 42.5 Å². The summed E-state index contributed by atoms with van der Waals surface area (Å²) in [7, 11) is 2.92. The minimum Gasteiger partial charge on any atom is -0.494 e. The van der Waals surface area contributed by atoms with Crippen molar-refractivity contribution >= 4 is 23.6 Å². The van der Waals surface area contributed by atoms with Crippen LogP contribution in [0.3, 0.4) is 0 Å². The Morgan fingerprint density at radius 1 is 1.19 bits per heavy atom. The lowest BCUT2D eigenvalue weighted by molar-refractivity contribution is -0.129. The van der Waals surface area contributed by atoms with Crippen LogP contribution in [0.5, 0.6) is 5.75 Å². The SMILES string of the molecule is COc1ccc(C=CC(=O)N(C)CC(=O)Nc2cc(C)ccc2C)cc1F. The molecule has 1 N–H and O–H groups in total. The van der Waals surface area contributed by atoms with Gasteiger partial charge in [-0.25, -0.2) is 4.39 Å². The van der Waals surface area contributed by atoms with Gasteiger partial charge in [-0.2, -0.15) is 0 Å². The lowest BCUT2D eigenvalue weighted by Crippen LogP contribution is -2.34. The molecule has 0 spiro atoms. The van der Waals surface area contributed by atoms with E-state index in [1.54, 1.807) is 6.07 Å². The fraction of sp³-hybridized carbons (Fsp3) is 0.238. The van der Waals surface area contributed by atoms with E-state index in [0.717, 1.165) is 16.8 Å².